The highest BCUT2D eigenvalue weighted by Crippen LogP contribution is 2.14. The molecule has 0 aliphatic heterocycles. The Morgan fingerprint density at radius 2 is 2.22 bits per heavy atom. The lowest BCUT2D eigenvalue weighted by Gasteiger charge is -2.18. The molecule has 1 N–H and O–H groups in total. The van der Waals surface area contributed by atoms with E-state index in [1.165, 1.54) is 43.4 Å². The Bertz CT molecular complexity index is 292. The molecule has 1 unspecified atom stereocenters. The van der Waals surface area contributed by atoms with Gasteiger partial charge in [-0.1, -0.05) is 19.1 Å². The number of nitrogens with one attached hydrogen (secondary N) is 1. The topological polar surface area (TPSA) is 12.0 Å². The molecule has 0 bridgehead atoms. The lowest BCUT2D eigenvalue weighted by atomic mass is 10.0. The van der Waals surface area contributed by atoms with Crippen molar-refractivity contribution < 1.29 is 0 Å². The summed E-state index contributed by atoms with van der Waals surface area (Å²) in [6.45, 7) is 7.18. The second kappa shape index (κ2) is 10.3. The highest BCUT2D eigenvalue weighted by molar-refractivity contribution is 7.09. The van der Waals surface area contributed by atoms with Gasteiger partial charge in [0.05, 0.1) is 0 Å². The van der Waals surface area contributed by atoms with Crippen LogP contribution in [-0.2, 0) is 6.42 Å². The Labute approximate surface area is 116 Å². The maximum atomic E-state index is 3.80. The number of unbranched alkanes of at least 4 members (excludes halogenated alkanes) is 1. The number of rotatable bonds is 11. The van der Waals surface area contributed by atoms with Gasteiger partial charge in [0.2, 0.25) is 0 Å². The summed E-state index contributed by atoms with van der Waals surface area (Å²) in [6.07, 6.45) is 10.8. The Kier molecular flexibility index (Phi) is 8.87. The first-order valence-electron chi connectivity index (χ1n) is 7.23. The Morgan fingerprint density at radius 3 is 2.89 bits per heavy atom. The van der Waals surface area contributed by atoms with Gasteiger partial charge in [0.25, 0.3) is 0 Å². The molecule has 0 saturated heterocycles. The van der Waals surface area contributed by atoms with Gasteiger partial charge in [-0.3, -0.25) is 0 Å². The molecular weight excluding hydrogens is 238 g/mol. The first-order chi connectivity index (χ1) is 8.86. The Morgan fingerprint density at radius 1 is 1.39 bits per heavy atom. The van der Waals surface area contributed by atoms with Crippen LogP contribution in [0, 0.1) is 0 Å². The molecule has 1 aromatic heterocycles. The van der Waals surface area contributed by atoms with E-state index < -0.39 is 0 Å². The van der Waals surface area contributed by atoms with Gasteiger partial charge in [-0.25, -0.2) is 0 Å². The van der Waals surface area contributed by atoms with E-state index in [0.717, 1.165) is 13.0 Å². The second-order valence-corrected chi connectivity index (χ2v) is 5.87. The van der Waals surface area contributed by atoms with Crippen LogP contribution in [0.1, 0.15) is 50.3 Å². The first-order valence-corrected chi connectivity index (χ1v) is 8.11. The third-order valence-electron chi connectivity index (χ3n) is 3.20. The van der Waals surface area contributed by atoms with Crippen LogP contribution in [0.4, 0.5) is 0 Å². The van der Waals surface area contributed by atoms with E-state index in [1.807, 2.05) is 17.4 Å². The molecule has 0 amide bonds. The summed E-state index contributed by atoms with van der Waals surface area (Å²) >= 11 is 1.88. The lowest BCUT2D eigenvalue weighted by Crippen LogP contribution is -2.29. The molecule has 102 valence electrons. The molecule has 0 aliphatic rings. The van der Waals surface area contributed by atoms with Crippen molar-refractivity contribution in [1.29, 1.82) is 0 Å². The minimum absolute atomic E-state index is 0.699. The van der Waals surface area contributed by atoms with Gasteiger partial charge in [-0.05, 0) is 62.9 Å². The number of thiophene rings is 1. The van der Waals surface area contributed by atoms with Crippen molar-refractivity contribution in [1.82, 2.24) is 5.32 Å². The van der Waals surface area contributed by atoms with Crippen LogP contribution in [0.25, 0.3) is 0 Å². The summed E-state index contributed by atoms with van der Waals surface area (Å²) in [5.74, 6) is 0. The van der Waals surface area contributed by atoms with E-state index in [9.17, 15) is 0 Å². The molecule has 1 aromatic rings. The van der Waals surface area contributed by atoms with Gasteiger partial charge < -0.3 is 5.32 Å². The summed E-state index contributed by atoms with van der Waals surface area (Å²) in [7, 11) is 0. The molecule has 1 nitrogen and oxygen atoms in total. The molecule has 1 rings (SSSR count). The molecule has 0 fully saturated rings. The van der Waals surface area contributed by atoms with Crippen LogP contribution >= 0.6 is 11.3 Å². The van der Waals surface area contributed by atoms with Crippen molar-refractivity contribution in [3.63, 3.8) is 0 Å². The fraction of sp³-hybridized carbons (Fsp3) is 0.625. The van der Waals surface area contributed by atoms with E-state index >= 15 is 0 Å². The molecule has 0 aliphatic carbocycles. The number of hydrogen-bond acceptors (Lipinski definition) is 2. The van der Waals surface area contributed by atoms with Crippen LogP contribution in [0.2, 0.25) is 0 Å². The first kappa shape index (κ1) is 15.5. The fourth-order valence-electron chi connectivity index (χ4n) is 2.18. The summed E-state index contributed by atoms with van der Waals surface area (Å²) in [4.78, 5) is 1.52. The Balaban J connectivity index is 2.19. The van der Waals surface area contributed by atoms with Crippen molar-refractivity contribution in [2.45, 2.75) is 57.9 Å². The molecule has 18 heavy (non-hydrogen) atoms. The van der Waals surface area contributed by atoms with Crippen LogP contribution in [0.15, 0.2) is 30.2 Å². The zero-order valence-electron chi connectivity index (χ0n) is 11.7. The van der Waals surface area contributed by atoms with Crippen LogP contribution in [-0.4, -0.2) is 12.6 Å². The molecule has 0 aromatic carbocycles. The molecule has 0 spiro atoms. The SMILES string of the molecule is C=CCCCC(CCCc1cccs1)NCCC. The standard InChI is InChI=1S/C16H27NS/c1-3-5-6-9-15(17-13-4-2)10-7-11-16-12-8-14-18-16/h3,8,12,14-15,17H,1,4-7,9-11,13H2,2H3. The fourth-order valence-corrected chi connectivity index (χ4v) is 2.93. The summed E-state index contributed by atoms with van der Waals surface area (Å²) in [6, 6.07) is 5.10. The normalized spacial score (nSPS) is 12.5. The van der Waals surface area contributed by atoms with Gasteiger partial charge in [-0.2, -0.15) is 0 Å². The summed E-state index contributed by atoms with van der Waals surface area (Å²) in [5, 5.41) is 5.85. The van der Waals surface area contributed by atoms with Gasteiger partial charge >= 0.3 is 0 Å². The largest absolute Gasteiger partial charge is 0.314 e. The van der Waals surface area contributed by atoms with Crippen molar-refractivity contribution in [3.05, 3.63) is 35.0 Å². The quantitative estimate of drug-likeness (QED) is 0.448. The van der Waals surface area contributed by atoms with Crippen molar-refractivity contribution in [2.75, 3.05) is 6.54 Å². The number of hydrogen-bond donors (Lipinski definition) is 1. The minimum Gasteiger partial charge on any atom is -0.314 e. The predicted octanol–water partition coefficient (Wildman–Crippen LogP) is 4.80. The third-order valence-corrected chi connectivity index (χ3v) is 4.14. The molecular formula is C16H27NS. The maximum absolute atomic E-state index is 3.80. The van der Waals surface area contributed by atoms with E-state index in [1.54, 1.807) is 0 Å². The average molecular weight is 265 g/mol. The predicted molar refractivity (Wildman–Crippen MR) is 83.4 cm³/mol. The zero-order valence-corrected chi connectivity index (χ0v) is 12.5. The van der Waals surface area contributed by atoms with E-state index in [4.69, 9.17) is 0 Å². The highest BCUT2D eigenvalue weighted by Gasteiger charge is 2.07. The molecule has 1 atom stereocenters. The van der Waals surface area contributed by atoms with Gasteiger partial charge in [-0.15, -0.1) is 17.9 Å². The van der Waals surface area contributed by atoms with Gasteiger partial charge in [0.1, 0.15) is 0 Å². The third kappa shape index (κ3) is 6.97. The monoisotopic (exact) mass is 265 g/mol. The van der Waals surface area contributed by atoms with Crippen LogP contribution < -0.4 is 5.32 Å². The smallest absolute Gasteiger partial charge is 0.00672 e. The minimum atomic E-state index is 0.699. The average Bonchev–Trinajstić information content (AvgIpc) is 2.88. The zero-order chi connectivity index (χ0) is 13.1. The molecule has 1 heterocycles. The highest BCUT2D eigenvalue weighted by atomic mass is 32.1. The number of allylic oxidation sites excluding steroid dienone is 1. The van der Waals surface area contributed by atoms with Crippen molar-refractivity contribution in [2.24, 2.45) is 0 Å². The van der Waals surface area contributed by atoms with Gasteiger partial charge in [0, 0.05) is 10.9 Å². The van der Waals surface area contributed by atoms with Gasteiger partial charge in [0.15, 0.2) is 0 Å². The molecule has 0 radical (unpaired) electrons. The molecule has 0 saturated carbocycles. The Hall–Kier alpha value is -0.600. The van der Waals surface area contributed by atoms with E-state index in [2.05, 4.69) is 36.3 Å². The number of aryl methyl sites for hydroxylation is 1. The summed E-state index contributed by atoms with van der Waals surface area (Å²) < 4.78 is 0. The van der Waals surface area contributed by atoms with E-state index in [0.29, 0.717) is 6.04 Å². The van der Waals surface area contributed by atoms with E-state index in [-0.39, 0.29) is 0 Å². The van der Waals surface area contributed by atoms with Crippen molar-refractivity contribution >= 4 is 11.3 Å². The maximum Gasteiger partial charge on any atom is 0.00672 e. The summed E-state index contributed by atoms with van der Waals surface area (Å²) in [5.41, 5.74) is 0. The molecule has 2 heteroatoms. The van der Waals surface area contributed by atoms with Crippen LogP contribution in [0.5, 0.6) is 0 Å². The van der Waals surface area contributed by atoms with Crippen molar-refractivity contribution in [3.8, 4) is 0 Å². The second-order valence-electron chi connectivity index (χ2n) is 4.84. The lowest BCUT2D eigenvalue weighted by molar-refractivity contribution is 0.433. The van der Waals surface area contributed by atoms with Crippen LogP contribution in [0.3, 0.4) is 0 Å².